The zero-order chi connectivity index (χ0) is 23.7. The van der Waals surface area contributed by atoms with Crippen LogP contribution in [0.3, 0.4) is 0 Å². The van der Waals surface area contributed by atoms with Crippen molar-refractivity contribution in [2.75, 3.05) is 11.5 Å². The summed E-state index contributed by atoms with van der Waals surface area (Å²) in [6, 6.07) is 11.7. The van der Waals surface area contributed by atoms with Crippen LogP contribution >= 0.6 is 0 Å². The molecule has 2 aromatic rings. The van der Waals surface area contributed by atoms with E-state index in [1.807, 2.05) is 19.9 Å². The minimum absolute atomic E-state index is 0.144. The van der Waals surface area contributed by atoms with Crippen LogP contribution in [-0.2, 0) is 14.3 Å². The van der Waals surface area contributed by atoms with E-state index >= 15 is 0 Å². The number of benzene rings is 2. The molecule has 6 heteroatoms. The van der Waals surface area contributed by atoms with E-state index in [-0.39, 0.29) is 53.4 Å². The molecule has 7 rings (SSSR count). The van der Waals surface area contributed by atoms with Gasteiger partial charge in [0.15, 0.2) is 12.4 Å². The Balaban J connectivity index is 1.18. The van der Waals surface area contributed by atoms with Crippen LogP contribution in [-0.4, -0.2) is 30.2 Å². The third kappa shape index (κ3) is 3.08. The molecule has 0 radical (unpaired) electrons. The molecule has 0 N–H and O–H groups in total. The second-order valence-corrected chi connectivity index (χ2v) is 10.0. The van der Waals surface area contributed by atoms with Crippen LogP contribution in [0.4, 0.5) is 5.69 Å². The van der Waals surface area contributed by atoms with Gasteiger partial charge in [-0.05, 0) is 79.3 Å². The Labute approximate surface area is 197 Å². The molecule has 2 saturated carbocycles. The monoisotopic (exact) mass is 455 g/mol. The summed E-state index contributed by atoms with van der Waals surface area (Å²) in [7, 11) is 0. The molecule has 0 spiro atoms. The van der Waals surface area contributed by atoms with Crippen molar-refractivity contribution in [2.45, 2.75) is 20.3 Å². The molecular formula is C28H25NO5. The standard InChI is InChI=1S/C28H25NO5/c1-14-6-7-16(10-15(14)2)23(30)13-34-28(33)17-4-3-5-18(11-17)29-26(31)24-19-8-9-20(22-12-21(19)22)25(24)27(29)32/h3-11,19-22,24-25H,12-13H2,1-2H3/t19-,20+,21-,22-,24+,25+/m1/s1. The number of rotatable bonds is 5. The van der Waals surface area contributed by atoms with Crippen LogP contribution in [0, 0.1) is 49.4 Å². The smallest absolute Gasteiger partial charge is 0.338 e. The molecule has 1 heterocycles. The summed E-state index contributed by atoms with van der Waals surface area (Å²) < 4.78 is 5.26. The van der Waals surface area contributed by atoms with Gasteiger partial charge in [0.25, 0.3) is 0 Å². The fourth-order valence-corrected chi connectivity index (χ4v) is 6.20. The summed E-state index contributed by atoms with van der Waals surface area (Å²) in [5.41, 5.74) is 3.14. The third-order valence-corrected chi connectivity index (χ3v) is 8.17. The van der Waals surface area contributed by atoms with Gasteiger partial charge in [-0.3, -0.25) is 14.4 Å². The van der Waals surface area contributed by atoms with Crippen LogP contribution in [0.5, 0.6) is 0 Å². The number of carbonyl (C=O) groups excluding carboxylic acids is 4. The maximum absolute atomic E-state index is 13.3. The van der Waals surface area contributed by atoms with Gasteiger partial charge in [0.2, 0.25) is 11.8 Å². The Morgan fingerprint density at radius 2 is 1.56 bits per heavy atom. The lowest BCUT2D eigenvalue weighted by Gasteiger charge is -2.37. The summed E-state index contributed by atoms with van der Waals surface area (Å²) >= 11 is 0. The number of Topliss-reactive ketones (excluding diaryl/α,β-unsaturated/α-hetero) is 1. The van der Waals surface area contributed by atoms with E-state index in [2.05, 4.69) is 12.2 Å². The number of aryl methyl sites for hydroxylation is 2. The summed E-state index contributed by atoms with van der Waals surface area (Å²) in [5, 5.41) is 0. The number of hydrogen-bond acceptors (Lipinski definition) is 5. The molecular weight excluding hydrogens is 430 g/mol. The molecule has 0 unspecified atom stereocenters. The largest absolute Gasteiger partial charge is 0.454 e. The first-order valence-electron chi connectivity index (χ1n) is 11.8. The van der Waals surface area contributed by atoms with Crippen LogP contribution in [0.2, 0.25) is 0 Å². The van der Waals surface area contributed by atoms with Crippen molar-refractivity contribution in [3.63, 3.8) is 0 Å². The quantitative estimate of drug-likeness (QED) is 0.296. The lowest BCUT2D eigenvalue weighted by atomic mass is 9.63. The number of imide groups is 1. The van der Waals surface area contributed by atoms with Crippen molar-refractivity contribution in [3.05, 3.63) is 76.9 Å². The second kappa shape index (κ2) is 7.49. The number of allylic oxidation sites excluding steroid dienone is 2. The van der Waals surface area contributed by atoms with E-state index in [1.54, 1.807) is 30.3 Å². The molecule has 0 aromatic heterocycles. The topological polar surface area (TPSA) is 80.8 Å². The molecule has 1 aliphatic heterocycles. The summed E-state index contributed by atoms with van der Waals surface area (Å²) in [5.74, 6) is -0.535. The second-order valence-electron chi connectivity index (χ2n) is 10.0. The average Bonchev–Trinajstić information content (AvgIpc) is 3.62. The summed E-state index contributed by atoms with van der Waals surface area (Å²) in [6.07, 6.45) is 5.38. The highest BCUT2D eigenvalue weighted by Gasteiger charge is 2.67. The van der Waals surface area contributed by atoms with Gasteiger partial charge in [-0.2, -0.15) is 0 Å². The first-order chi connectivity index (χ1) is 16.3. The van der Waals surface area contributed by atoms with Gasteiger partial charge >= 0.3 is 5.97 Å². The van der Waals surface area contributed by atoms with Gasteiger partial charge in [0, 0.05) is 5.56 Å². The fourth-order valence-electron chi connectivity index (χ4n) is 6.20. The molecule has 4 aliphatic carbocycles. The Bertz CT molecular complexity index is 1260. The minimum atomic E-state index is -0.668. The number of hydrogen-bond donors (Lipinski definition) is 0. The summed E-state index contributed by atoms with van der Waals surface area (Å²) in [4.78, 5) is 53.0. The molecule has 6 atom stereocenters. The van der Waals surface area contributed by atoms with E-state index in [0.717, 1.165) is 17.5 Å². The maximum atomic E-state index is 13.3. The average molecular weight is 456 g/mol. The number of anilines is 1. The fraction of sp³-hybridized carbons (Fsp3) is 0.357. The highest BCUT2D eigenvalue weighted by molar-refractivity contribution is 6.23. The van der Waals surface area contributed by atoms with E-state index in [1.165, 1.54) is 11.0 Å². The van der Waals surface area contributed by atoms with Crippen molar-refractivity contribution < 1.29 is 23.9 Å². The number of esters is 1. The maximum Gasteiger partial charge on any atom is 0.338 e. The zero-order valence-corrected chi connectivity index (χ0v) is 19.1. The first kappa shape index (κ1) is 21.0. The van der Waals surface area contributed by atoms with Gasteiger partial charge in [-0.1, -0.05) is 30.4 Å². The lowest BCUT2D eigenvalue weighted by molar-refractivity contribution is -0.124. The molecule has 1 saturated heterocycles. The predicted molar refractivity (Wildman–Crippen MR) is 124 cm³/mol. The highest BCUT2D eigenvalue weighted by atomic mass is 16.5. The molecule has 172 valence electrons. The van der Waals surface area contributed by atoms with E-state index in [9.17, 15) is 19.2 Å². The van der Waals surface area contributed by atoms with Crippen molar-refractivity contribution in [3.8, 4) is 0 Å². The molecule has 34 heavy (non-hydrogen) atoms. The highest BCUT2D eigenvalue weighted by Crippen LogP contribution is 2.65. The van der Waals surface area contributed by atoms with Gasteiger partial charge in [-0.25, -0.2) is 9.69 Å². The number of nitrogens with zero attached hydrogens (tertiary/aromatic N) is 1. The third-order valence-electron chi connectivity index (χ3n) is 8.17. The Hall–Kier alpha value is -3.54. The number of ether oxygens (including phenoxy) is 1. The molecule has 2 amide bonds. The molecule has 2 aromatic carbocycles. The first-order valence-corrected chi connectivity index (χ1v) is 11.8. The zero-order valence-electron chi connectivity index (χ0n) is 19.1. The lowest BCUT2D eigenvalue weighted by Crippen LogP contribution is -2.40. The van der Waals surface area contributed by atoms with Crippen LogP contribution in [0.1, 0.15) is 38.3 Å². The molecule has 3 fully saturated rings. The Morgan fingerprint density at radius 1 is 0.882 bits per heavy atom. The van der Waals surface area contributed by atoms with E-state index in [0.29, 0.717) is 23.1 Å². The van der Waals surface area contributed by atoms with Crippen LogP contribution in [0.15, 0.2) is 54.6 Å². The molecule has 5 aliphatic rings. The molecule has 2 bridgehead atoms. The number of ketones is 1. The summed E-state index contributed by atoms with van der Waals surface area (Å²) in [6.45, 7) is 3.51. The normalized spacial score (nSPS) is 30.2. The SMILES string of the molecule is Cc1ccc(C(=O)COC(=O)c2cccc(N3C(=O)[C@H]4[C@@H]5C=C[C@@H]([C@H]6C[C@H]56)[C@@H]4C3=O)c2)cc1C. The van der Waals surface area contributed by atoms with Gasteiger partial charge < -0.3 is 4.74 Å². The Morgan fingerprint density at radius 3 is 2.21 bits per heavy atom. The van der Waals surface area contributed by atoms with Crippen molar-refractivity contribution >= 4 is 29.3 Å². The van der Waals surface area contributed by atoms with Crippen LogP contribution in [0.25, 0.3) is 0 Å². The predicted octanol–water partition coefficient (Wildman–Crippen LogP) is 3.90. The van der Waals surface area contributed by atoms with Gasteiger partial charge in [-0.15, -0.1) is 0 Å². The van der Waals surface area contributed by atoms with Crippen molar-refractivity contribution in [1.29, 1.82) is 0 Å². The minimum Gasteiger partial charge on any atom is -0.454 e. The van der Waals surface area contributed by atoms with Gasteiger partial charge in [0.1, 0.15) is 0 Å². The van der Waals surface area contributed by atoms with E-state index < -0.39 is 5.97 Å². The van der Waals surface area contributed by atoms with Gasteiger partial charge in [0.05, 0.1) is 23.1 Å². The molecule has 6 nitrogen and oxygen atoms in total. The van der Waals surface area contributed by atoms with Crippen molar-refractivity contribution in [1.82, 2.24) is 0 Å². The van der Waals surface area contributed by atoms with E-state index in [4.69, 9.17) is 4.74 Å². The number of carbonyl (C=O) groups is 4. The Kier molecular flexibility index (Phi) is 4.63. The van der Waals surface area contributed by atoms with Crippen molar-refractivity contribution in [2.24, 2.45) is 35.5 Å². The number of amides is 2. The van der Waals surface area contributed by atoms with Crippen LogP contribution < -0.4 is 4.90 Å².